The molecule has 5 heteroatoms. The number of thiazole rings is 1. The van der Waals surface area contributed by atoms with E-state index in [1.165, 1.54) is 0 Å². The summed E-state index contributed by atoms with van der Waals surface area (Å²) >= 11 is 1.11. The Morgan fingerprint density at radius 1 is 1.67 bits per heavy atom. The van der Waals surface area contributed by atoms with Gasteiger partial charge in [-0.25, -0.2) is 4.98 Å². The molecule has 0 aliphatic heterocycles. The van der Waals surface area contributed by atoms with Crippen molar-refractivity contribution in [1.82, 2.24) is 4.98 Å². The third-order valence-electron chi connectivity index (χ3n) is 1.29. The van der Waals surface area contributed by atoms with E-state index in [1.807, 2.05) is 13.8 Å². The van der Waals surface area contributed by atoms with E-state index in [4.69, 9.17) is 0 Å². The number of carboxylic acid groups (broad SMARTS) is 1. The van der Waals surface area contributed by atoms with E-state index >= 15 is 0 Å². The van der Waals surface area contributed by atoms with Crippen LogP contribution in [0.5, 0.6) is 0 Å². The third-order valence-corrected chi connectivity index (χ3v) is 2.13. The first-order valence-electron chi connectivity index (χ1n) is 3.28. The topological polar surface area (TPSA) is 53.0 Å². The Morgan fingerprint density at radius 2 is 2.25 bits per heavy atom. The molecule has 12 heavy (non-hydrogen) atoms. The van der Waals surface area contributed by atoms with Gasteiger partial charge in [-0.2, -0.15) is 0 Å². The molecular weight excluding hydrogens is 201 g/mol. The zero-order valence-corrected chi connectivity index (χ0v) is 11.3. The first-order valence-corrected chi connectivity index (χ1v) is 4.16. The number of carboxylic acids is 1. The second-order valence-electron chi connectivity index (χ2n) is 2.52. The summed E-state index contributed by atoms with van der Waals surface area (Å²) in [7, 11) is 0. The molecule has 3 nitrogen and oxygen atoms in total. The van der Waals surface area contributed by atoms with E-state index in [9.17, 15) is 9.90 Å². The first-order chi connectivity index (χ1) is 5.11. The number of carbonyl (C=O) groups excluding carboxylic acids is 1. The Kier molecular flexibility index (Phi) is 5.80. The molecule has 1 aromatic heterocycles. The Balaban J connectivity index is 0.00000121. The predicted octanol–water partition coefficient (Wildman–Crippen LogP) is -2.37. The monoisotopic (exact) mass is 209 g/mol. The minimum atomic E-state index is -1.19. The molecule has 0 aromatic carbocycles. The fraction of sp³-hybridized carbons (Fsp3) is 0.429. The van der Waals surface area contributed by atoms with E-state index in [1.54, 1.807) is 5.38 Å². The standard InChI is InChI=1S/C7H9NO2S.K/c1-4(2)5-3-11-6(8-5)7(9)10;/h3-4H,1-2H3,(H,9,10);/q;+1/p-1. The molecule has 0 bridgehead atoms. The van der Waals surface area contributed by atoms with Crippen LogP contribution in [0.15, 0.2) is 5.38 Å². The SMILES string of the molecule is CC(C)c1csc(C(=O)[O-])n1.[K+]. The molecule has 0 fully saturated rings. The number of nitrogens with zero attached hydrogens (tertiary/aromatic N) is 1. The molecule has 0 spiro atoms. The van der Waals surface area contributed by atoms with E-state index in [0.29, 0.717) is 0 Å². The van der Waals surface area contributed by atoms with Gasteiger partial charge < -0.3 is 9.90 Å². The molecule has 0 unspecified atom stereocenters. The van der Waals surface area contributed by atoms with E-state index < -0.39 is 5.97 Å². The van der Waals surface area contributed by atoms with Gasteiger partial charge >= 0.3 is 51.4 Å². The first kappa shape index (κ1) is 12.7. The Morgan fingerprint density at radius 3 is 2.50 bits per heavy atom. The van der Waals surface area contributed by atoms with E-state index in [0.717, 1.165) is 17.0 Å². The van der Waals surface area contributed by atoms with Gasteiger partial charge in [0.15, 0.2) is 0 Å². The number of aromatic nitrogens is 1. The minimum Gasteiger partial charge on any atom is -0.542 e. The van der Waals surface area contributed by atoms with Crippen LogP contribution in [0.25, 0.3) is 0 Å². The number of carbonyl (C=O) groups is 1. The summed E-state index contributed by atoms with van der Waals surface area (Å²) in [5, 5.41) is 12.1. The molecular formula is C7H8KNO2S. The van der Waals surface area contributed by atoms with Gasteiger partial charge in [-0.05, 0) is 5.92 Å². The summed E-state index contributed by atoms with van der Waals surface area (Å²) in [6, 6.07) is 0. The average molecular weight is 209 g/mol. The third kappa shape index (κ3) is 3.24. The Bertz CT molecular complexity index is 272. The smallest absolute Gasteiger partial charge is 0.542 e. The molecule has 0 radical (unpaired) electrons. The molecule has 1 aromatic rings. The van der Waals surface area contributed by atoms with Crippen molar-refractivity contribution in [3.05, 3.63) is 16.1 Å². The normalized spacial score (nSPS) is 9.58. The van der Waals surface area contributed by atoms with Crippen molar-refractivity contribution in [3.63, 3.8) is 0 Å². The van der Waals surface area contributed by atoms with Gasteiger partial charge in [0.2, 0.25) is 0 Å². The molecule has 0 saturated carbocycles. The molecule has 1 heterocycles. The van der Waals surface area contributed by atoms with Crippen LogP contribution in [0.3, 0.4) is 0 Å². The second kappa shape index (κ2) is 5.46. The van der Waals surface area contributed by atoms with E-state index in [-0.39, 0.29) is 62.3 Å². The molecule has 60 valence electrons. The Hall–Kier alpha value is 0.736. The summed E-state index contributed by atoms with van der Waals surface area (Å²) in [4.78, 5) is 14.1. The maximum Gasteiger partial charge on any atom is 1.00 e. The average Bonchev–Trinajstić information content (AvgIpc) is 2.33. The van der Waals surface area contributed by atoms with Crippen molar-refractivity contribution in [3.8, 4) is 0 Å². The van der Waals surface area contributed by atoms with Gasteiger partial charge in [0, 0.05) is 5.38 Å². The van der Waals surface area contributed by atoms with Gasteiger partial charge in [0.1, 0.15) is 11.0 Å². The quantitative estimate of drug-likeness (QED) is 0.512. The van der Waals surface area contributed by atoms with E-state index in [2.05, 4.69) is 4.98 Å². The maximum absolute atomic E-state index is 10.3. The van der Waals surface area contributed by atoms with Crippen LogP contribution in [-0.2, 0) is 0 Å². The number of rotatable bonds is 2. The summed E-state index contributed by atoms with van der Waals surface area (Å²) in [5.74, 6) is -0.916. The van der Waals surface area contributed by atoms with Gasteiger partial charge in [-0.15, -0.1) is 11.3 Å². The maximum atomic E-state index is 10.3. The molecule has 1 rings (SSSR count). The van der Waals surface area contributed by atoms with Crippen LogP contribution < -0.4 is 56.5 Å². The van der Waals surface area contributed by atoms with Crippen LogP contribution in [0, 0.1) is 0 Å². The van der Waals surface area contributed by atoms with Gasteiger partial charge in [-0.1, -0.05) is 13.8 Å². The van der Waals surface area contributed by atoms with Crippen LogP contribution >= 0.6 is 11.3 Å². The minimum absolute atomic E-state index is 0. The molecule has 0 saturated heterocycles. The van der Waals surface area contributed by atoms with Crippen LogP contribution in [-0.4, -0.2) is 11.0 Å². The zero-order valence-electron chi connectivity index (χ0n) is 7.33. The molecule has 0 amide bonds. The van der Waals surface area contributed by atoms with Crippen molar-refractivity contribution in [2.75, 3.05) is 0 Å². The van der Waals surface area contributed by atoms with Gasteiger partial charge in [0.05, 0.1) is 5.69 Å². The molecule has 0 aliphatic rings. The largest absolute Gasteiger partial charge is 1.00 e. The van der Waals surface area contributed by atoms with Crippen molar-refractivity contribution in [2.45, 2.75) is 19.8 Å². The second-order valence-corrected chi connectivity index (χ2v) is 3.38. The number of hydrogen-bond acceptors (Lipinski definition) is 4. The molecule has 0 N–H and O–H groups in total. The fourth-order valence-corrected chi connectivity index (χ4v) is 1.46. The zero-order chi connectivity index (χ0) is 8.43. The van der Waals surface area contributed by atoms with Gasteiger partial charge in [0.25, 0.3) is 0 Å². The Labute approximate surface area is 118 Å². The van der Waals surface area contributed by atoms with Crippen LogP contribution in [0.4, 0.5) is 0 Å². The molecule has 0 aliphatic carbocycles. The summed E-state index contributed by atoms with van der Waals surface area (Å²) in [6.45, 7) is 3.93. The number of aromatic carboxylic acids is 1. The van der Waals surface area contributed by atoms with Gasteiger partial charge in [-0.3, -0.25) is 0 Å². The fourth-order valence-electron chi connectivity index (χ4n) is 0.645. The van der Waals surface area contributed by atoms with Crippen molar-refractivity contribution >= 4 is 17.3 Å². The molecule has 0 atom stereocenters. The summed E-state index contributed by atoms with van der Waals surface area (Å²) in [5.41, 5.74) is 0.814. The number of hydrogen-bond donors (Lipinski definition) is 0. The van der Waals surface area contributed by atoms with Crippen LogP contribution in [0.2, 0.25) is 0 Å². The summed E-state index contributed by atoms with van der Waals surface area (Å²) in [6.07, 6.45) is 0. The van der Waals surface area contributed by atoms with Crippen molar-refractivity contribution in [2.24, 2.45) is 0 Å². The van der Waals surface area contributed by atoms with Crippen LogP contribution in [0.1, 0.15) is 35.3 Å². The summed E-state index contributed by atoms with van der Waals surface area (Å²) < 4.78 is 0. The van der Waals surface area contributed by atoms with Crippen molar-refractivity contribution < 1.29 is 61.3 Å². The van der Waals surface area contributed by atoms with Crippen molar-refractivity contribution in [1.29, 1.82) is 0 Å². The predicted molar refractivity (Wildman–Crippen MR) is 40.5 cm³/mol.